The number of hydrogen-bond donors (Lipinski definition) is 0. The van der Waals surface area contributed by atoms with Gasteiger partial charge in [0.2, 0.25) is 0 Å². The van der Waals surface area contributed by atoms with E-state index in [1.54, 1.807) is 0 Å². The van der Waals surface area contributed by atoms with Gasteiger partial charge in [-0.05, 0) is 158 Å². The highest BCUT2D eigenvalue weighted by molar-refractivity contribution is 6.16. The Morgan fingerprint density at radius 2 is 0.959 bits per heavy atom. The van der Waals surface area contributed by atoms with Gasteiger partial charge in [-0.25, -0.2) is 0 Å². The predicted molar refractivity (Wildman–Crippen MR) is 304 cm³/mol. The molecular weight excluding hydrogens is 883 g/mol. The normalized spacial score (nSPS) is 16.8. The van der Waals surface area contributed by atoms with E-state index in [0.717, 1.165) is 24.2 Å². The number of rotatable bonds is 3. The molecule has 0 saturated carbocycles. The standard InChI is InChI=1S/C70H47N3/c1-69(2)59-27-13-15-30-66(59)73-65-35-32-42(37-52(65)50-23-16-28-60(69)68(50)73)43-31-34-63-53(38-43)55-40-51-48-21-8-12-26-58(48)70(56-24-10-6-19-46(56)47-20-7-11-25-57(47)70)61(51)41-67(55)72(63)45-33-36-64-54(39-45)49-22-9-14-29-62(49)71(64)44-17-4-3-5-18-44/h3-6,8-19,21-41H,7,20H2,1-2H3. The van der Waals surface area contributed by atoms with Crippen LogP contribution in [0.2, 0.25) is 0 Å². The third kappa shape index (κ3) is 4.90. The summed E-state index contributed by atoms with van der Waals surface area (Å²) in [5.41, 5.74) is 26.8. The summed E-state index contributed by atoms with van der Waals surface area (Å²) in [4.78, 5) is 0. The smallest absolute Gasteiger partial charge is 0.0722 e. The number of hydrogen-bond acceptors (Lipinski definition) is 0. The molecule has 4 heterocycles. The topological polar surface area (TPSA) is 14.8 Å². The molecule has 0 radical (unpaired) electrons. The van der Waals surface area contributed by atoms with E-state index in [1.165, 1.54) is 138 Å². The van der Waals surface area contributed by atoms with Crippen LogP contribution in [0, 0.1) is 0 Å². The van der Waals surface area contributed by atoms with E-state index >= 15 is 0 Å². The Bertz CT molecular complexity index is 4700. The van der Waals surface area contributed by atoms with Crippen molar-refractivity contribution in [2.75, 3.05) is 0 Å². The minimum absolute atomic E-state index is 0.111. The fourth-order valence-corrected chi connectivity index (χ4v) is 14.6. The zero-order valence-electron chi connectivity index (χ0n) is 40.6. The van der Waals surface area contributed by atoms with E-state index in [2.05, 4.69) is 252 Å². The summed E-state index contributed by atoms with van der Waals surface area (Å²) in [6.45, 7) is 4.75. The molecular formula is C70H47N3. The minimum Gasteiger partial charge on any atom is -0.309 e. The largest absolute Gasteiger partial charge is 0.309 e. The van der Waals surface area contributed by atoms with Crippen LogP contribution in [0.15, 0.2) is 230 Å². The number of nitrogens with zero attached hydrogens (tertiary/aromatic N) is 3. The van der Waals surface area contributed by atoms with Gasteiger partial charge in [0.05, 0.1) is 44.2 Å². The lowest BCUT2D eigenvalue weighted by Crippen LogP contribution is -2.27. The first-order valence-electron chi connectivity index (χ1n) is 26.0. The van der Waals surface area contributed by atoms with E-state index in [4.69, 9.17) is 0 Å². The SMILES string of the molecule is CC1(C)c2ccccc2-n2c3ccc(-c4ccc5c(c4)c4cc6c(cc4n5-c4ccc5c(c4)c4ccccc4n5-c4ccccc4)C4(C5=C(CCC=C5)c5ccccc54)c4ccccc4-6)cc3c3cccc1c32. The number of benzene rings is 10. The van der Waals surface area contributed by atoms with Gasteiger partial charge in [0, 0.05) is 49.1 Å². The van der Waals surface area contributed by atoms with Gasteiger partial charge in [-0.2, -0.15) is 0 Å². The highest BCUT2D eigenvalue weighted by atomic mass is 15.0. The Labute approximate surface area is 422 Å². The Kier molecular flexibility index (Phi) is 7.59. The lowest BCUT2D eigenvalue weighted by atomic mass is 9.69. The van der Waals surface area contributed by atoms with Crippen LogP contribution in [0.5, 0.6) is 0 Å². The van der Waals surface area contributed by atoms with Crippen LogP contribution < -0.4 is 0 Å². The lowest BCUT2D eigenvalue weighted by Gasteiger charge is -2.34. The molecule has 13 aromatic rings. The van der Waals surface area contributed by atoms with E-state index < -0.39 is 5.41 Å². The molecule has 73 heavy (non-hydrogen) atoms. The van der Waals surface area contributed by atoms with Crippen LogP contribution >= 0.6 is 0 Å². The summed E-state index contributed by atoms with van der Waals surface area (Å²) in [6, 6.07) is 80.8. The zero-order chi connectivity index (χ0) is 47.9. The van der Waals surface area contributed by atoms with Gasteiger partial charge in [-0.15, -0.1) is 0 Å². The first-order chi connectivity index (χ1) is 36.0. The molecule has 3 heteroatoms. The van der Waals surface area contributed by atoms with Crippen LogP contribution in [0.4, 0.5) is 0 Å². The molecule has 0 N–H and O–H groups in total. The molecule has 0 saturated heterocycles. The minimum atomic E-state index is -0.409. The van der Waals surface area contributed by atoms with Crippen molar-refractivity contribution in [3.8, 4) is 39.3 Å². The van der Waals surface area contributed by atoms with Crippen molar-refractivity contribution < 1.29 is 0 Å². The van der Waals surface area contributed by atoms with Gasteiger partial charge >= 0.3 is 0 Å². The number of para-hydroxylation sites is 4. The maximum atomic E-state index is 2.59. The molecule has 17 rings (SSSR count). The Hall–Kier alpha value is -8.92. The van der Waals surface area contributed by atoms with Crippen LogP contribution in [0.25, 0.3) is 110 Å². The summed E-state index contributed by atoms with van der Waals surface area (Å²) < 4.78 is 7.50. The van der Waals surface area contributed by atoms with Gasteiger partial charge in [-0.3, -0.25) is 0 Å². The van der Waals surface area contributed by atoms with E-state index in [0.29, 0.717) is 0 Å². The predicted octanol–water partition coefficient (Wildman–Crippen LogP) is 17.7. The van der Waals surface area contributed by atoms with Crippen molar-refractivity contribution in [2.24, 2.45) is 0 Å². The molecule has 1 aliphatic heterocycles. The summed E-state index contributed by atoms with van der Waals surface area (Å²) >= 11 is 0. The van der Waals surface area contributed by atoms with Gasteiger partial charge in [0.1, 0.15) is 0 Å². The number of aromatic nitrogens is 3. The Balaban J connectivity index is 0.946. The van der Waals surface area contributed by atoms with Gasteiger partial charge in [0.25, 0.3) is 0 Å². The molecule has 0 fully saturated rings. The number of fused-ring (bicyclic) bond motifs is 20. The highest BCUT2D eigenvalue weighted by Crippen LogP contribution is 2.64. The third-order valence-corrected chi connectivity index (χ3v) is 17.7. The molecule has 0 bridgehead atoms. The summed E-state index contributed by atoms with van der Waals surface area (Å²) in [5.74, 6) is 0. The quantitative estimate of drug-likeness (QED) is 0.168. The molecule has 0 amide bonds. The molecule has 4 aliphatic rings. The van der Waals surface area contributed by atoms with Crippen molar-refractivity contribution in [1.82, 2.24) is 13.7 Å². The molecule has 10 aromatic carbocycles. The highest BCUT2D eigenvalue weighted by Gasteiger charge is 2.52. The second-order valence-corrected chi connectivity index (χ2v) is 21.5. The molecule has 1 atom stereocenters. The van der Waals surface area contributed by atoms with Gasteiger partial charge in [0.15, 0.2) is 0 Å². The van der Waals surface area contributed by atoms with Crippen molar-refractivity contribution in [2.45, 2.75) is 37.5 Å². The average molecular weight is 930 g/mol. The van der Waals surface area contributed by atoms with Gasteiger partial charge in [-0.1, -0.05) is 159 Å². The molecule has 3 nitrogen and oxygen atoms in total. The van der Waals surface area contributed by atoms with Crippen LogP contribution in [0.3, 0.4) is 0 Å². The first-order valence-corrected chi connectivity index (χ1v) is 26.0. The second kappa shape index (κ2) is 13.9. The molecule has 1 spiro atoms. The molecule has 1 unspecified atom stereocenters. The Morgan fingerprint density at radius 1 is 0.370 bits per heavy atom. The third-order valence-electron chi connectivity index (χ3n) is 17.7. The maximum Gasteiger partial charge on any atom is 0.0722 e. The summed E-state index contributed by atoms with van der Waals surface area (Å²) in [7, 11) is 0. The fraction of sp³-hybridized carbons (Fsp3) is 0.0857. The molecule has 3 aliphatic carbocycles. The second-order valence-electron chi connectivity index (χ2n) is 21.5. The van der Waals surface area contributed by atoms with Crippen molar-refractivity contribution in [3.05, 3.63) is 263 Å². The summed E-state index contributed by atoms with van der Waals surface area (Å²) in [5, 5.41) is 7.60. The van der Waals surface area contributed by atoms with Crippen LogP contribution in [-0.2, 0) is 10.8 Å². The van der Waals surface area contributed by atoms with Gasteiger partial charge < -0.3 is 13.7 Å². The number of allylic oxidation sites excluding steroid dienone is 4. The van der Waals surface area contributed by atoms with E-state index in [-0.39, 0.29) is 5.41 Å². The van der Waals surface area contributed by atoms with Crippen molar-refractivity contribution in [1.29, 1.82) is 0 Å². The monoisotopic (exact) mass is 929 g/mol. The summed E-state index contributed by atoms with van der Waals surface area (Å²) in [6.07, 6.45) is 7.00. The first kappa shape index (κ1) is 39.8. The Morgan fingerprint density at radius 3 is 1.78 bits per heavy atom. The maximum absolute atomic E-state index is 2.59. The van der Waals surface area contributed by atoms with Crippen LogP contribution in [0.1, 0.15) is 60.1 Å². The van der Waals surface area contributed by atoms with E-state index in [9.17, 15) is 0 Å². The van der Waals surface area contributed by atoms with Crippen LogP contribution in [-0.4, -0.2) is 13.7 Å². The molecule has 3 aromatic heterocycles. The van der Waals surface area contributed by atoms with Crippen molar-refractivity contribution in [3.63, 3.8) is 0 Å². The van der Waals surface area contributed by atoms with E-state index in [1.807, 2.05) is 0 Å². The zero-order valence-corrected chi connectivity index (χ0v) is 40.6. The fourth-order valence-electron chi connectivity index (χ4n) is 14.6. The average Bonchev–Trinajstić information content (AvgIpc) is 4.22. The molecule has 342 valence electrons. The lowest BCUT2D eigenvalue weighted by molar-refractivity contribution is 0.630. The van der Waals surface area contributed by atoms with Crippen molar-refractivity contribution >= 4 is 71.0 Å².